The molecule has 1 aromatic carbocycles. The van der Waals surface area contributed by atoms with Crippen LogP contribution in [0, 0.1) is 17.0 Å². The summed E-state index contributed by atoms with van der Waals surface area (Å²) in [7, 11) is -3.81. The van der Waals surface area contributed by atoms with Gasteiger partial charge in [-0.3, -0.25) is 15.5 Å². The molecule has 144 valence electrons. The molecule has 1 aliphatic heterocycles. The summed E-state index contributed by atoms with van der Waals surface area (Å²) in [5.74, 6) is 0. The molecule has 9 nitrogen and oxygen atoms in total. The number of nitro groups is 1. The number of hydrogen-bond acceptors (Lipinski definition) is 8. The van der Waals surface area contributed by atoms with Crippen molar-refractivity contribution < 1.29 is 18.1 Å². The molecule has 27 heavy (non-hydrogen) atoms. The highest BCUT2D eigenvalue weighted by Gasteiger charge is 2.28. The number of nitro benzene ring substituents is 1. The van der Waals surface area contributed by atoms with Crippen LogP contribution in [0.5, 0.6) is 0 Å². The molecule has 0 saturated carbocycles. The molecular weight excluding hydrogens is 392 g/mol. The molecule has 1 saturated heterocycles. The molecule has 0 bridgehead atoms. The van der Waals surface area contributed by atoms with Gasteiger partial charge in [0.2, 0.25) is 10.0 Å². The second kappa shape index (κ2) is 8.13. The van der Waals surface area contributed by atoms with Gasteiger partial charge < -0.3 is 4.74 Å². The number of rotatable bonds is 6. The number of benzene rings is 1. The van der Waals surface area contributed by atoms with E-state index in [9.17, 15) is 18.5 Å². The Kier molecular flexibility index (Phi) is 5.85. The fraction of sp³-hybridized carbons (Fsp3) is 0.312. The van der Waals surface area contributed by atoms with Crippen molar-refractivity contribution >= 4 is 38.9 Å². The first-order valence-electron chi connectivity index (χ1n) is 8.09. The Balaban J connectivity index is 1.85. The maximum Gasteiger partial charge on any atom is 0.295 e. The van der Waals surface area contributed by atoms with Crippen molar-refractivity contribution in [1.29, 1.82) is 0 Å². The van der Waals surface area contributed by atoms with E-state index in [4.69, 9.17) is 4.74 Å². The highest BCUT2D eigenvalue weighted by atomic mass is 32.2. The predicted octanol–water partition coefficient (Wildman–Crippen LogP) is 2.43. The van der Waals surface area contributed by atoms with Crippen LogP contribution in [0.25, 0.3) is 0 Å². The predicted molar refractivity (Wildman–Crippen MR) is 103 cm³/mol. The van der Waals surface area contributed by atoms with Gasteiger partial charge in [-0.15, -0.1) is 11.3 Å². The molecule has 0 unspecified atom stereocenters. The third-order valence-corrected chi connectivity index (χ3v) is 6.89. The number of morpholine rings is 1. The number of nitrogens with one attached hydrogen (secondary N) is 1. The van der Waals surface area contributed by atoms with Crippen LogP contribution < -0.4 is 5.43 Å². The van der Waals surface area contributed by atoms with Crippen LogP contribution in [0.3, 0.4) is 0 Å². The summed E-state index contributed by atoms with van der Waals surface area (Å²) in [6, 6.07) is 5.69. The zero-order valence-corrected chi connectivity index (χ0v) is 16.1. The van der Waals surface area contributed by atoms with Gasteiger partial charge in [-0.05, 0) is 36.1 Å². The van der Waals surface area contributed by atoms with Gasteiger partial charge in [-0.25, -0.2) is 8.42 Å². The standard InChI is InChI=1S/C16H18N4O5S2/c1-12-4-9-26-16(12)11-17-18-14-3-2-13(10-15(14)20(21)22)27(23,24)19-5-7-25-8-6-19/h2-4,9-11,18H,5-8H2,1H3/b17-11-. The molecule has 1 fully saturated rings. The van der Waals surface area contributed by atoms with Crippen molar-refractivity contribution in [2.75, 3.05) is 31.7 Å². The Labute approximate surface area is 160 Å². The fourth-order valence-corrected chi connectivity index (χ4v) is 4.75. The minimum absolute atomic E-state index is 0.117. The number of aryl methyl sites for hydroxylation is 1. The van der Waals surface area contributed by atoms with E-state index in [1.165, 1.54) is 27.8 Å². The Morgan fingerprint density at radius 1 is 1.33 bits per heavy atom. The minimum atomic E-state index is -3.81. The van der Waals surface area contributed by atoms with E-state index in [0.717, 1.165) is 16.5 Å². The van der Waals surface area contributed by atoms with Crippen LogP contribution in [-0.2, 0) is 14.8 Å². The molecule has 0 aliphatic carbocycles. The maximum atomic E-state index is 12.7. The van der Waals surface area contributed by atoms with Crippen molar-refractivity contribution in [3.8, 4) is 0 Å². The molecule has 1 N–H and O–H groups in total. The number of nitrogens with zero attached hydrogens (tertiary/aromatic N) is 3. The first-order valence-corrected chi connectivity index (χ1v) is 10.4. The van der Waals surface area contributed by atoms with E-state index < -0.39 is 14.9 Å². The Morgan fingerprint density at radius 3 is 2.70 bits per heavy atom. The largest absolute Gasteiger partial charge is 0.379 e. The average Bonchev–Trinajstić information content (AvgIpc) is 3.07. The van der Waals surface area contributed by atoms with Crippen molar-refractivity contribution in [2.24, 2.45) is 5.10 Å². The van der Waals surface area contributed by atoms with Crippen LogP contribution >= 0.6 is 11.3 Å². The number of anilines is 1. The molecule has 0 spiro atoms. The summed E-state index contributed by atoms with van der Waals surface area (Å²) in [5.41, 5.74) is 3.43. The lowest BCUT2D eigenvalue weighted by molar-refractivity contribution is -0.384. The zero-order chi connectivity index (χ0) is 19.4. The Bertz CT molecular complexity index is 965. The van der Waals surface area contributed by atoms with E-state index in [1.807, 2.05) is 18.4 Å². The first-order chi connectivity index (χ1) is 12.9. The number of ether oxygens (including phenoxy) is 1. The van der Waals surface area contributed by atoms with E-state index in [0.29, 0.717) is 13.2 Å². The Morgan fingerprint density at radius 2 is 2.07 bits per heavy atom. The lowest BCUT2D eigenvalue weighted by Crippen LogP contribution is -2.40. The summed E-state index contributed by atoms with van der Waals surface area (Å²) in [6.07, 6.45) is 1.57. The summed E-state index contributed by atoms with van der Waals surface area (Å²) in [4.78, 5) is 11.6. The molecule has 1 aromatic heterocycles. The molecule has 11 heteroatoms. The zero-order valence-electron chi connectivity index (χ0n) is 14.5. The highest BCUT2D eigenvalue weighted by molar-refractivity contribution is 7.89. The highest BCUT2D eigenvalue weighted by Crippen LogP contribution is 2.29. The van der Waals surface area contributed by atoms with Gasteiger partial charge >= 0.3 is 0 Å². The van der Waals surface area contributed by atoms with E-state index >= 15 is 0 Å². The smallest absolute Gasteiger partial charge is 0.295 e. The van der Waals surface area contributed by atoms with Crippen LogP contribution in [0.2, 0.25) is 0 Å². The van der Waals surface area contributed by atoms with Crippen LogP contribution in [-0.4, -0.2) is 50.2 Å². The van der Waals surface area contributed by atoms with Gasteiger partial charge in [0.1, 0.15) is 5.69 Å². The van der Waals surface area contributed by atoms with Gasteiger partial charge in [0.15, 0.2) is 0 Å². The van der Waals surface area contributed by atoms with Crippen LogP contribution in [0.15, 0.2) is 39.6 Å². The second-order valence-electron chi connectivity index (χ2n) is 5.79. The van der Waals surface area contributed by atoms with Crippen molar-refractivity contribution in [1.82, 2.24) is 4.31 Å². The molecule has 0 atom stereocenters. The lowest BCUT2D eigenvalue weighted by Gasteiger charge is -2.26. The van der Waals surface area contributed by atoms with Gasteiger partial charge in [-0.1, -0.05) is 0 Å². The number of hydrazone groups is 1. The minimum Gasteiger partial charge on any atom is -0.379 e. The monoisotopic (exact) mass is 410 g/mol. The molecule has 3 rings (SSSR count). The molecule has 1 aliphatic rings. The summed E-state index contributed by atoms with van der Waals surface area (Å²) >= 11 is 1.50. The molecular formula is C16H18N4O5S2. The van der Waals surface area contributed by atoms with E-state index in [1.54, 1.807) is 6.21 Å². The average molecular weight is 410 g/mol. The molecule has 0 radical (unpaired) electrons. The maximum absolute atomic E-state index is 12.7. The van der Waals surface area contributed by atoms with E-state index in [-0.39, 0.29) is 29.4 Å². The molecule has 2 aromatic rings. The SMILES string of the molecule is Cc1ccsc1/C=N\Nc1ccc(S(=O)(=O)N2CCOCC2)cc1[N+](=O)[O-]. The number of sulfonamides is 1. The lowest BCUT2D eigenvalue weighted by atomic mass is 10.3. The molecule has 2 heterocycles. The van der Waals surface area contributed by atoms with Gasteiger partial charge in [0.25, 0.3) is 5.69 Å². The fourth-order valence-electron chi connectivity index (χ4n) is 2.53. The molecule has 0 amide bonds. The third-order valence-electron chi connectivity index (χ3n) is 4.04. The van der Waals surface area contributed by atoms with Crippen LogP contribution in [0.1, 0.15) is 10.4 Å². The first kappa shape index (κ1) is 19.4. The van der Waals surface area contributed by atoms with Crippen molar-refractivity contribution in [2.45, 2.75) is 11.8 Å². The van der Waals surface area contributed by atoms with E-state index in [2.05, 4.69) is 10.5 Å². The quantitative estimate of drug-likeness (QED) is 0.444. The summed E-state index contributed by atoms with van der Waals surface area (Å²) < 4.78 is 31.8. The summed E-state index contributed by atoms with van der Waals surface area (Å²) in [5, 5.41) is 17.4. The van der Waals surface area contributed by atoms with Crippen molar-refractivity contribution in [3.05, 3.63) is 50.2 Å². The van der Waals surface area contributed by atoms with Gasteiger partial charge in [-0.2, -0.15) is 9.41 Å². The van der Waals surface area contributed by atoms with Crippen LogP contribution in [0.4, 0.5) is 11.4 Å². The number of hydrogen-bond donors (Lipinski definition) is 1. The van der Waals surface area contributed by atoms with Gasteiger partial charge in [0, 0.05) is 24.0 Å². The topological polar surface area (TPSA) is 114 Å². The third kappa shape index (κ3) is 4.33. The van der Waals surface area contributed by atoms with Crippen molar-refractivity contribution in [3.63, 3.8) is 0 Å². The normalized spacial score (nSPS) is 15.9. The number of thiophene rings is 1. The summed E-state index contributed by atoms with van der Waals surface area (Å²) in [6.45, 7) is 2.99. The second-order valence-corrected chi connectivity index (χ2v) is 8.68. The van der Waals surface area contributed by atoms with Gasteiger partial charge in [0.05, 0.1) is 29.2 Å². The Hall–Kier alpha value is -2.34.